The lowest BCUT2D eigenvalue weighted by Crippen LogP contribution is -2.03. The van der Waals surface area contributed by atoms with Crippen LogP contribution in [0.15, 0.2) is 30.5 Å². The lowest BCUT2D eigenvalue weighted by molar-refractivity contribution is 0.278. The van der Waals surface area contributed by atoms with Gasteiger partial charge in [-0.05, 0) is 24.6 Å². The zero-order valence-electron chi connectivity index (χ0n) is 11.3. The largest absolute Gasteiger partial charge is 0.493 e. The van der Waals surface area contributed by atoms with Gasteiger partial charge in [0.15, 0.2) is 11.5 Å². The van der Waals surface area contributed by atoms with Crippen LogP contribution in [0, 0.1) is 6.92 Å². The highest BCUT2D eigenvalue weighted by molar-refractivity contribution is 9.08. The molecule has 0 fully saturated rings. The van der Waals surface area contributed by atoms with E-state index in [2.05, 4.69) is 20.9 Å². The fraction of sp³-hybridized carbons (Fsp3) is 0.267. The van der Waals surface area contributed by atoms with Crippen molar-refractivity contribution in [2.75, 3.05) is 7.11 Å². The number of methoxy groups -OCH3 is 1. The van der Waals surface area contributed by atoms with Crippen LogP contribution in [0.25, 0.3) is 0 Å². The van der Waals surface area contributed by atoms with Gasteiger partial charge in [0.2, 0.25) is 0 Å². The fourth-order valence-electron chi connectivity index (χ4n) is 1.85. The third kappa shape index (κ3) is 3.44. The number of aryl methyl sites for hydroxylation is 1. The Bertz CT molecular complexity index is 579. The summed E-state index contributed by atoms with van der Waals surface area (Å²) in [5.74, 6) is 1.32. The molecular weight excluding hydrogens is 342 g/mol. The maximum atomic E-state index is 6.05. The van der Waals surface area contributed by atoms with E-state index in [4.69, 9.17) is 21.1 Å². The van der Waals surface area contributed by atoms with Crippen LogP contribution in [0.5, 0.6) is 11.5 Å². The minimum Gasteiger partial charge on any atom is -0.493 e. The van der Waals surface area contributed by atoms with Gasteiger partial charge in [-0.1, -0.05) is 33.6 Å². The molecule has 0 atom stereocenters. The van der Waals surface area contributed by atoms with Gasteiger partial charge in [0, 0.05) is 28.2 Å². The van der Waals surface area contributed by atoms with E-state index in [1.807, 2.05) is 25.1 Å². The number of rotatable bonds is 5. The Labute approximate surface area is 132 Å². The SMILES string of the molecule is COc1cc(Cl)cc(CBr)c1OCc1ncccc1C. The zero-order valence-corrected chi connectivity index (χ0v) is 13.7. The average Bonchev–Trinajstić information content (AvgIpc) is 2.46. The maximum absolute atomic E-state index is 6.05. The zero-order chi connectivity index (χ0) is 14.5. The van der Waals surface area contributed by atoms with Crippen molar-refractivity contribution in [2.24, 2.45) is 0 Å². The Morgan fingerprint density at radius 2 is 2.15 bits per heavy atom. The van der Waals surface area contributed by atoms with E-state index < -0.39 is 0 Å². The molecule has 1 heterocycles. The van der Waals surface area contributed by atoms with Crippen molar-refractivity contribution in [2.45, 2.75) is 18.9 Å². The van der Waals surface area contributed by atoms with Gasteiger partial charge in [0.25, 0.3) is 0 Å². The highest BCUT2D eigenvalue weighted by Gasteiger charge is 2.13. The van der Waals surface area contributed by atoms with Crippen LogP contribution in [-0.2, 0) is 11.9 Å². The summed E-state index contributed by atoms with van der Waals surface area (Å²) in [6.07, 6.45) is 1.76. The molecule has 0 saturated heterocycles. The average molecular weight is 357 g/mol. The normalized spacial score (nSPS) is 10.4. The Hall–Kier alpha value is -1.26. The Morgan fingerprint density at radius 1 is 1.35 bits per heavy atom. The number of pyridine rings is 1. The smallest absolute Gasteiger partial charge is 0.165 e. The molecule has 2 rings (SSSR count). The molecule has 1 aromatic carbocycles. The quantitative estimate of drug-likeness (QED) is 0.738. The molecule has 1 aromatic heterocycles. The Morgan fingerprint density at radius 3 is 2.80 bits per heavy atom. The third-order valence-electron chi connectivity index (χ3n) is 2.93. The molecule has 0 bridgehead atoms. The second kappa shape index (κ2) is 6.95. The number of benzene rings is 1. The van der Waals surface area contributed by atoms with Gasteiger partial charge in [0.1, 0.15) is 6.61 Å². The standard InChI is InChI=1S/C15H15BrClNO2/c1-10-4-3-5-18-13(10)9-20-15-11(8-16)6-12(17)7-14(15)19-2/h3-7H,8-9H2,1-2H3. The van der Waals surface area contributed by atoms with Gasteiger partial charge in [-0.2, -0.15) is 0 Å². The lowest BCUT2D eigenvalue weighted by atomic mass is 10.2. The minimum absolute atomic E-state index is 0.394. The molecule has 0 N–H and O–H groups in total. The van der Waals surface area contributed by atoms with Gasteiger partial charge in [-0.15, -0.1) is 0 Å². The van der Waals surface area contributed by atoms with E-state index in [1.54, 1.807) is 19.4 Å². The van der Waals surface area contributed by atoms with E-state index in [0.717, 1.165) is 16.8 Å². The van der Waals surface area contributed by atoms with Gasteiger partial charge in [0.05, 0.1) is 12.8 Å². The van der Waals surface area contributed by atoms with Gasteiger partial charge in [-0.25, -0.2) is 0 Å². The summed E-state index contributed by atoms with van der Waals surface area (Å²) in [6, 6.07) is 7.52. The highest BCUT2D eigenvalue weighted by Crippen LogP contribution is 2.36. The first-order valence-electron chi connectivity index (χ1n) is 6.11. The monoisotopic (exact) mass is 355 g/mol. The van der Waals surface area contributed by atoms with Crippen molar-refractivity contribution < 1.29 is 9.47 Å². The molecule has 0 saturated carbocycles. The van der Waals surface area contributed by atoms with Crippen LogP contribution in [0.4, 0.5) is 0 Å². The third-order valence-corrected chi connectivity index (χ3v) is 3.75. The van der Waals surface area contributed by atoms with Crippen LogP contribution in [-0.4, -0.2) is 12.1 Å². The predicted molar refractivity (Wildman–Crippen MR) is 83.9 cm³/mol. The van der Waals surface area contributed by atoms with Crippen molar-refractivity contribution in [3.05, 3.63) is 52.3 Å². The van der Waals surface area contributed by atoms with Crippen LogP contribution in [0.2, 0.25) is 5.02 Å². The summed E-state index contributed by atoms with van der Waals surface area (Å²) in [6.45, 7) is 2.40. The molecule has 3 nitrogen and oxygen atoms in total. The second-order valence-electron chi connectivity index (χ2n) is 4.29. The van der Waals surface area contributed by atoms with Crippen molar-refractivity contribution in [1.29, 1.82) is 0 Å². The van der Waals surface area contributed by atoms with Crippen molar-refractivity contribution >= 4 is 27.5 Å². The fourth-order valence-corrected chi connectivity index (χ4v) is 2.49. The molecule has 0 aliphatic carbocycles. The number of hydrogen-bond acceptors (Lipinski definition) is 3. The molecular formula is C15H15BrClNO2. The molecule has 2 aromatic rings. The molecule has 5 heteroatoms. The van der Waals surface area contributed by atoms with E-state index in [9.17, 15) is 0 Å². The summed E-state index contributed by atoms with van der Waals surface area (Å²) < 4.78 is 11.2. The summed E-state index contributed by atoms with van der Waals surface area (Å²) >= 11 is 9.49. The number of ether oxygens (including phenoxy) is 2. The molecule has 0 aliphatic heterocycles. The molecule has 0 radical (unpaired) electrons. The van der Waals surface area contributed by atoms with Crippen LogP contribution < -0.4 is 9.47 Å². The van der Waals surface area contributed by atoms with Crippen LogP contribution in [0.1, 0.15) is 16.8 Å². The minimum atomic E-state index is 0.394. The van der Waals surface area contributed by atoms with Gasteiger partial charge < -0.3 is 9.47 Å². The molecule has 106 valence electrons. The van der Waals surface area contributed by atoms with Gasteiger partial charge in [-0.3, -0.25) is 4.98 Å². The molecule has 0 spiro atoms. The number of nitrogens with zero attached hydrogens (tertiary/aromatic N) is 1. The van der Waals surface area contributed by atoms with E-state index in [1.165, 1.54) is 0 Å². The number of hydrogen-bond donors (Lipinski definition) is 0. The number of halogens is 2. The lowest BCUT2D eigenvalue weighted by Gasteiger charge is -2.15. The van der Waals surface area contributed by atoms with Crippen molar-refractivity contribution in [1.82, 2.24) is 4.98 Å². The van der Waals surface area contributed by atoms with Crippen molar-refractivity contribution in [3.63, 3.8) is 0 Å². The first kappa shape index (κ1) is 15.1. The van der Waals surface area contributed by atoms with Crippen molar-refractivity contribution in [3.8, 4) is 11.5 Å². The molecule has 0 amide bonds. The first-order valence-corrected chi connectivity index (χ1v) is 7.61. The summed E-state index contributed by atoms with van der Waals surface area (Å²) in [5.41, 5.74) is 2.95. The molecule has 0 aliphatic rings. The summed E-state index contributed by atoms with van der Waals surface area (Å²) in [7, 11) is 1.60. The predicted octanol–water partition coefficient (Wildman–Crippen LogP) is 4.53. The summed E-state index contributed by atoms with van der Waals surface area (Å²) in [4.78, 5) is 4.32. The second-order valence-corrected chi connectivity index (χ2v) is 5.28. The molecule has 20 heavy (non-hydrogen) atoms. The Kier molecular flexibility index (Phi) is 5.26. The Balaban J connectivity index is 2.27. The van der Waals surface area contributed by atoms with Crippen LogP contribution in [0.3, 0.4) is 0 Å². The van der Waals surface area contributed by atoms with E-state index in [-0.39, 0.29) is 0 Å². The van der Waals surface area contributed by atoms with Gasteiger partial charge >= 0.3 is 0 Å². The topological polar surface area (TPSA) is 31.4 Å². The maximum Gasteiger partial charge on any atom is 0.165 e. The summed E-state index contributed by atoms with van der Waals surface area (Å²) in [5, 5.41) is 1.26. The number of alkyl halides is 1. The molecule has 0 unspecified atom stereocenters. The van der Waals surface area contributed by atoms with E-state index >= 15 is 0 Å². The highest BCUT2D eigenvalue weighted by atomic mass is 79.9. The van der Waals surface area contributed by atoms with E-state index in [0.29, 0.717) is 28.5 Å². The van der Waals surface area contributed by atoms with Crippen LogP contribution >= 0.6 is 27.5 Å². The first-order chi connectivity index (χ1) is 9.65. The number of aromatic nitrogens is 1.